The fourth-order valence-corrected chi connectivity index (χ4v) is 9.41. The van der Waals surface area contributed by atoms with E-state index in [-0.39, 0.29) is 7.92 Å². The number of nitrogens with zero attached hydrogens (tertiary/aromatic N) is 2. The predicted molar refractivity (Wildman–Crippen MR) is 163 cm³/mol. The molecule has 2 nitrogen and oxygen atoms in total. The van der Waals surface area contributed by atoms with Gasteiger partial charge in [-0.25, -0.2) is 0 Å². The summed E-state index contributed by atoms with van der Waals surface area (Å²) in [4.78, 5) is 9.56. The number of hydrogen-bond acceptors (Lipinski definition) is 2. The number of aliphatic imine (C=N–C) groups is 1. The van der Waals surface area contributed by atoms with Gasteiger partial charge in [-0.1, -0.05) is 102 Å². The SMILES string of the molecule is CC(C)P(Cc1cccc(C=Nc2ccc(C(F)(F)F)cc2P(c2ccccc2)c2ccccc2)n1)C(C)C. The van der Waals surface area contributed by atoms with Crippen molar-refractivity contribution in [2.24, 2.45) is 4.99 Å². The second kappa shape index (κ2) is 13.0. The third-order valence-electron chi connectivity index (χ3n) is 6.41. The number of benzene rings is 3. The quantitative estimate of drug-likeness (QED) is 0.148. The third-order valence-corrected chi connectivity index (χ3v) is 12.2. The lowest BCUT2D eigenvalue weighted by atomic mass is 10.2. The van der Waals surface area contributed by atoms with E-state index >= 15 is 0 Å². The highest BCUT2D eigenvalue weighted by molar-refractivity contribution is 7.80. The number of hydrogen-bond donors (Lipinski definition) is 0. The molecule has 0 unspecified atom stereocenters. The molecule has 1 aromatic heterocycles. The molecule has 0 bridgehead atoms. The van der Waals surface area contributed by atoms with Gasteiger partial charge in [0.1, 0.15) is 0 Å². The molecule has 0 aliphatic carbocycles. The van der Waals surface area contributed by atoms with E-state index in [4.69, 9.17) is 9.98 Å². The lowest BCUT2D eigenvalue weighted by Gasteiger charge is -2.25. The molecule has 0 saturated heterocycles. The molecule has 7 heteroatoms. The van der Waals surface area contributed by atoms with Gasteiger partial charge in [-0.05, 0) is 60.2 Å². The van der Waals surface area contributed by atoms with Crippen LogP contribution in [-0.4, -0.2) is 22.5 Å². The van der Waals surface area contributed by atoms with Crippen molar-refractivity contribution >= 4 is 43.7 Å². The summed E-state index contributed by atoms with van der Waals surface area (Å²) in [6.07, 6.45) is -1.84. The molecule has 0 fully saturated rings. The molecule has 0 saturated carbocycles. The van der Waals surface area contributed by atoms with E-state index in [1.807, 2.05) is 78.9 Å². The van der Waals surface area contributed by atoms with Crippen molar-refractivity contribution < 1.29 is 13.2 Å². The Morgan fingerprint density at radius 3 is 1.90 bits per heavy atom. The van der Waals surface area contributed by atoms with Gasteiger partial charge in [0.2, 0.25) is 0 Å². The minimum Gasteiger partial charge on any atom is -0.254 e. The maximum Gasteiger partial charge on any atom is 0.416 e. The van der Waals surface area contributed by atoms with Crippen molar-refractivity contribution in [2.75, 3.05) is 0 Å². The van der Waals surface area contributed by atoms with Crippen LogP contribution in [-0.2, 0) is 12.3 Å². The maximum atomic E-state index is 13.8. The predicted octanol–water partition coefficient (Wildman–Crippen LogP) is 8.41. The van der Waals surface area contributed by atoms with Crippen LogP contribution in [0.4, 0.5) is 18.9 Å². The maximum absolute atomic E-state index is 13.8. The Morgan fingerprint density at radius 1 is 0.769 bits per heavy atom. The molecular weight excluding hydrogens is 531 g/mol. The van der Waals surface area contributed by atoms with Gasteiger partial charge in [0.05, 0.1) is 23.2 Å². The van der Waals surface area contributed by atoms with Crippen molar-refractivity contribution in [2.45, 2.75) is 51.4 Å². The summed E-state index contributed by atoms with van der Waals surface area (Å²) in [5, 5.41) is 2.49. The van der Waals surface area contributed by atoms with Gasteiger partial charge < -0.3 is 0 Å². The van der Waals surface area contributed by atoms with Crippen LogP contribution in [0.2, 0.25) is 0 Å². The summed E-state index contributed by atoms with van der Waals surface area (Å²) in [7, 11) is -1.49. The summed E-state index contributed by atoms with van der Waals surface area (Å²) in [6.45, 7) is 9.06. The molecule has 202 valence electrons. The first-order chi connectivity index (χ1) is 18.6. The van der Waals surface area contributed by atoms with Gasteiger partial charge in [0, 0.05) is 17.2 Å². The number of aromatic nitrogens is 1. The van der Waals surface area contributed by atoms with Gasteiger partial charge in [0.25, 0.3) is 0 Å². The smallest absolute Gasteiger partial charge is 0.254 e. The number of halogens is 3. The Balaban J connectivity index is 1.77. The molecule has 0 atom stereocenters. The first-order valence-corrected chi connectivity index (χ1v) is 16.0. The van der Waals surface area contributed by atoms with Crippen molar-refractivity contribution in [3.63, 3.8) is 0 Å². The highest BCUT2D eigenvalue weighted by Gasteiger charge is 2.32. The van der Waals surface area contributed by atoms with E-state index in [0.717, 1.165) is 28.5 Å². The minimum absolute atomic E-state index is 0.212. The lowest BCUT2D eigenvalue weighted by molar-refractivity contribution is -0.137. The second-order valence-corrected chi connectivity index (χ2v) is 15.5. The van der Waals surface area contributed by atoms with Crippen LogP contribution in [0.5, 0.6) is 0 Å². The zero-order chi connectivity index (χ0) is 28.0. The zero-order valence-corrected chi connectivity index (χ0v) is 24.4. The highest BCUT2D eigenvalue weighted by atomic mass is 31.1. The average Bonchev–Trinajstić information content (AvgIpc) is 2.91. The van der Waals surface area contributed by atoms with E-state index in [1.54, 1.807) is 6.21 Å². The second-order valence-electron chi connectivity index (χ2n) is 9.88. The van der Waals surface area contributed by atoms with Crippen LogP contribution in [0.1, 0.15) is 44.6 Å². The van der Waals surface area contributed by atoms with Gasteiger partial charge in [-0.3, -0.25) is 9.98 Å². The molecule has 0 aliphatic heterocycles. The lowest BCUT2D eigenvalue weighted by Crippen LogP contribution is -2.22. The van der Waals surface area contributed by atoms with Gasteiger partial charge in [-0.15, -0.1) is 0 Å². The fourth-order valence-electron chi connectivity index (χ4n) is 4.51. The van der Waals surface area contributed by atoms with Gasteiger partial charge >= 0.3 is 6.18 Å². The molecule has 3 aromatic carbocycles. The molecule has 39 heavy (non-hydrogen) atoms. The van der Waals surface area contributed by atoms with E-state index in [0.29, 0.717) is 28.0 Å². The molecule has 0 N–H and O–H groups in total. The Morgan fingerprint density at radius 2 is 1.36 bits per heavy atom. The van der Waals surface area contributed by atoms with E-state index in [9.17, 15) is 13.2 Å². The largest absolute Gasteiger partial charge is 0.416 e. The fraction of sp³-hybridized carbons (Fsp3) is 0.250. The summed E-state index contributed by atoms with van der Waals surface area (Å²) >= 11 is 0. The van der Waals surface area contributed by atoms with Crippen molar-refractivity contribution in [1.29, 1.82) is 0 Å². The Labute approximate surface area is 231 Å². The van der Waals surface area contributed by atoms with Crippen LogP contribution in [0.3, 0.4) is 0 Å². The van der Waals surface area contributed by atoms with Gasteiger partial charge in [-0.2, -0.15) is 13.2 Å². The van der Waals surface area contributed by atoms with E-state index in [2.05, 4.69) is 27.7 Å². The summed E-state index contributed by atoms with van der Waals surface area (Å²) < 4.78 is 41.5. The van der Waals surface area contributed by atoms with Crippen LogP contribution in [0.15, 0.2) is 102 Å². The van der Waals surface area contributed by atoms with Crippen LogP contribution >= 0.6 is 15.8 Å². The summed E-state index contributed by atoms with van der Waals surface area (Å²) in [5.41, 5.74) is 2.76. The Kier molecular flexibility index (Phi) is 9.70. The van der Waals surface area contributed by atoms with Crippen LogP contribution in [0, 0.1) is 0 Å². The first-order valence-electron chi connectivity index (χ1n) is 13.0. The van der Waals surface area contributed by atoms with Crippen molar-refractivity contribution in [3.05, 3.63) is 114 Å². The zero-order valence-electron chi connectivity index (χ0n) is 22.6. The standard InChI is InChI=1S/C32H33F3N2P2/c1-23(2)38(24(3)4)22-27-13-11-12-26(37-27)21-36-30-19-18-25(32(33,34)35)20-31(30)39(28-14-7-5-8-15-28)29-16-9-6-10-17-29/h5-21,23-24H,22H2,1-4H3. The molecule has 0 radical (unpaired) electrons. The first kappa shape index (κ1) is 29.1. The molecule has 0 amide bonds. The summed E-state index contributed by atoms with van der Waals surface area (Å²) in [6, 6.07) is 29.2. The molecule has 4 aromatic rings. The molecule has 4 rings (SSSR count). The van der Waals surface area contributed by atoms with Crippen LogP contribution in [0.25, 0.3) is 0 Å². The van der Waals surface area contributed by atoms with E-state index in [1.165, 1.54) is 12.1 Å². The molecule has 0 spiro atoms. The Hall–Kier alpha value is -2.87. The molecular formula is C32H33F3N2P2. The number of alkyl halides is 3. The Bertz CT molecular complexity index is 1340. The van der Waals surface area contributed by atoms with Crippen molar-refractivity contribution in [1.82, 2.24) is 4.98 Å². The number of pyridine rings is 1. The average molecular weight is 565 g/mol. The topological polar surface area (TPSA) is 25.2 Å². The number of rotatable bonds is 9. The molecule has 0 aliphatic rings. The third kappa shape index (κ3) is 7.62. The summed E-state index contributed by atoms with van der Waals surface area (Å²) in [5.74, 6) is 0. The van der Waals surface area contributed by atoms with Crippen LogP contribution < -0.4 is 15.9 Å². The van der Waals surface area contributed by atoms with E-state index < -0.39 is 19.7 Å². The molecule has 1 heterocycles. The van der Waals surface area contributed by atoms with Crippen molar-refractivity contribution in [3.8, 4) is 0 Å². The minimum atomic E-state index is -4.45. The highest BCUT2D eigenvalue weighted by Crippen LogP contribution is 2.48. The van der Waals surface area contributed by atoms with Gasteiger partial charge in [0.15, 0.2) is 0 Å². The monoisotopic (exact) mass is 564 g/mol. The normalized spacial score (nSPS) is 12.4.